The van der Waals surface area contributed by atoms with Gasteiger partial charge in [0.05, 0.1) is 12.0 Å². The summed E-state index contributed by atoms with van der Waals surface area (Å²) in [5, 5.41) is 23.6. The van der Waals surface area contributed by atoms with Crippen LogP contribution in [0.25, 0.3) is 6.08 Å². The SMILES string of the molecule is COc1cc(C=C(C#N)C(=O)Nc2ccc([N+](=O)[O-])cc2C)ccc1OCc1ccccc1Cl. The van der Waals surface area contributed by atoms with Gasteiger partial charge < -0.3 is 14.8 Å². The van der Waals surface area contributed by atoms with Crippen molar-refractivity contribution < 1.29 is 19.2 Å². The van der Waals surface area contributed by atoms with E-state index in [1.165, 1.54) is 31.4 Å². The molecule has 8 nitrogen and oxygen atoms in total. The van der Waals surface area contributed by atoms with Gasteiger partial charge in [0.15, 0.2) is 11.5 Å². The first-order valence-electron chi connectivity index (χ1n) is 10.0. The highest BCUT2D eigenvalue weighted by molar-refractivity contribution is 6.31. The fourth-order valence-electron chi connectivity index (χ4n) is 3.07. The molecule has 0 heterocycles. The molecule has 3 aromatic carbocycles. The molecule has 34 heavy (non-hydrogen) atoms. The number of rotatable bonds is 8. The van der Waals surface area contributed by atoms with E-state index in [-0.39, 0.29) is 17.9 Å². The third kappa shape index (κ3) is 5.91. The third-order valence-electron chi connectivity index (χ3n) is 4.87. The molecule has 0 unspecified atom stereocenters. The number of nitriles is 1. The minimum atomic E-state index is -0.641. The number of halogens is 1. The van der Waals surface area contributed by atoms with Gasteiger partial charge in [0.1, 0.15) is 18.2 Å². The third-order valence-corrected chi connectivity index (χ3v) is 5.24. The Labute approximate surface area is 201 Å². The number of benzene rings is 3. The number of anilines is 1. The summed E-state index contributed by atoms with van der Waals surface area (Å²) in [5.74, 6) is 0.256. The molecule has 3 rings (SSSR count). The first-order chi connectivity index (χ1) is 16.3. The number of nitrogens with one attached hydrogen (secondary N) is 1. The molecule has 0 spiro atoms. The molecule has 0 aliphatic rings. The Morgan fingerprint density at radius 3 is 2.59 bits per heavy atom. The van der Waals surface area contributed by atoms with E-state index in [0.717, 1.165) is 5.56 Å². The normalized spacial score (nSPS) is 10.8. The molecule has 0 aliphatic carbocycles. The molecule has 0 saturated heterocycles. The maximum Gasteiger partial charge on any atom is 0.269 e. The average molecular weight is 478 g/mol. The molecule has 0 bridgehead atoms. The summed E-state index contributed by atoms with van der Waals surface area (Å²) >= 11 is 6.16. The number of nitrogens with zero attached hydrogens (tertiary/aromatic N) is 2. The zero-order valence-electron chi connectivity index (χ0n) is 18.4. The second kappa shape index (κ2) is 11.0. The van der Waals surface area contributed by atoms with Crippen molar-refractivity contribution >= 4 is 35.0 Å². The molecule has 1 amide bonds. The summed E-state index contributed by atoms with van der Waals surface area (Å²) in [6.45, 7) is 1.87. The lowest BCUT2D eigenvalue weighted by molar-refractivity contribution is -0.384. The van der Waals surface area contributed by atoms with Crippen molar-refractivity contribution in [1.82, 2.24) is 0 Å². The van der Waals surface area contributed by atoms with Crippen LogP contribution in [0.3, 0.4) is 0 Å². The Morgan fingerprint density at radius 1 is 1.18 bits per heavy atom. The molecule has 0 saturated carbocycles. The number of non-ortho nitro benzene ring substituents is 1. The zero-order chi connectivity index (χ0) is 24.7. The topological polar surface area (TPSA) is 114 Å². The van der Waals surface area contributed by atoms with Gasteiger partial charge in [0, 0.05) is 28.4 Å². The molecular formula is C25H20ClN3O5. The lowest BCUT2D eigenvalue weighted by Crippen LogP contribution is -2.14. The first-order valence-corrected chi connectivity index (χ1v) is 10.4. The van der Waals surface area contributed by atoms with E-state index < -0.39 is 10.8 Å². The highest BCUT2D eigenvalue weighted by Crippen LogP contribution is 2.30. The molecular weight excluding hydrogens is 458 g/mol. The van der Waals surface area contributed by atoms with Crippen molar-refractivity contribution in [1.29, 1.82) is 5.26 Å². The van der Waals surface area contributed by atoms with Crippen molar-refractivity contribution in [2.24, 2.45) is 0 Å². The highest BCUT2D eigenvalue weighted by atomic mass is 35.5. The molecule has 3 aromatic rings. The quantitative estimate of drug-likeness (QED) is 0.193. The van der Waals surface area contributed by atoms with Gasteiger partial charge >= 0.3 is 0 Å². The van der Waals surface area contributed by atoms with Gasteiger partial charge in [-0.15, -0.1) is 0 Å². The first kappa shape index (κ1) is 24.3. The molecule has 0 aliphatic heterocycles. The summed E-state index contributed by atoms with van der Waals surface area (Å²) in [4.78, 5) is 23.0. The van der Waals surface area contributed by atoms with Gasteiger partial charge in [0.2, 0.25) is 0 Å². The van der Waals surface area contributed by atoms with E-state index in [0.29, 0.717) is 33.3 Å². The Bertz CT molecular complexity index is 1310. The fraction of sp³-hybridized carbons (Fsp3) is 0.120. The zero-order valence-corrected chi connectivity index (χ0v) is 19.1. The van der Waals surface area contributed by atoms with Crippen molar-refractivity contribution in [2.45, 2.75) is 13.5 Å². The Kier molecular flexibility index (Phi) is 7.85. The standard InChI is InChI=1S/C25H20ClN3O5/c1-16-11-20(29(31)32)8-9-22(16)28-25(30)19(14-27)12-17-7-10-23(24(13-17)33-2)34-15-18-5-3-4-6-21(18)26/h3-13H,15H2,1-2H3,(H,28,30). The van der Waals surface area contributed by atoms with E-state index in [2.05, 4.69) is 5.32 Å². The van der Waals surface area contributed by atoms with E-state index in [4.69, 9.17) is 21.1 Å². The Balaban J connectivity index is 1.77. The van der Waals surface area contributed by atoms with Gasteiger partial charge in [-0.1, -0.05) is 35.9 Å². The van der Waals surface area contributed by atoms with Gasteiger partial charge in [-0.05, 0) is 48.4 Å². The largest absolute Gasteiger partial charge is 0.493 e. The van der Waals surface area contributed by atoms with E-state index in [1.54, 1.807) is 31.2 Å². The predicted molar refractivity (Wildman–Crippen MR) is 129 cm³/mol. The fourth-order valence-corrected chi connectivity index (χ4v) is 3.26. The average Bonchev–Trinajstić information content (AvgIpc) is 2.83. The highest BCUT2D eigenvalue weighted by Gasteiger charge is 2.14. The second-order valence-electron chi connectivity index (χ2n) is 7.17. The second-order valence-corrected chi connectivity index (χ2v) is 7.58. The van der Waals surface area contributed by atoms with Gasteiger partial charge in [-0.3, -0.25) is 14.9 Å². The number of aryl methyl sites for hydroxylation is 1. The van der Waals surface area contributed by atoms with Gasteiger partial charge in [0.25, 0.3) is 11.6 Å². The number of ether oxygens (including phenoxy) is 2. The van der Waals surface area contributed by atoms with Crippen LogP contribution in [-0.2, 0) is 11.4 Å². The monoisotopic (exact) mass is 477 g/mol. The summed E-state index contributed by atoms with van der Waals surface area (Å²) in [6.07, 6.45) is 1.41. The van der Waals surface area contributed by atoms with Crippen LogP contribution in [0, 0.1) is 28.4 Å². The summed E-state index contributed by atoms with van der Waals surface area (Å²) in [7, 11) is 1.49. The van der Waals surface area contributed by atoms with Crippen molar-refractivity contribution in [3.05, 3.63) is 98.1 Å². The molecule has 1 N–H and O–H groups in total. The summed E-state index contributed by atoms with van der Waals surface area (Å²) in [6, 6.07) is 18.3. The number of amides is 1. The van der Waals surface area contributed by atoms with E-state index >= 15 is 0 Å². The van der Waals surface area contributed by atoms with E-state index in [1.807, 2.05) is 24.3 Å². The number of methoxy groups -OCH3 is 1. The Hall–Kier alpha value is -4.35. The smallest absolute Gasteiger partial charge is 0.269 e. The minimum absolute atomic E-state index is 0.0875. The number of nitro benzene ring substituents is 1. The number of hydrogen-bond acceptors (Lipinski definition) is 6. The Morgan fingerprint density at radius 2 is 1.94 bits per heavy atom. The number of carbonyl (C=O) groups is 1. The van der Waals surface area contributed by atoms with Crippen LogP contribution in [0.1, 0.15) is 16.7 Å². The van der Waals surface area contributed by atoms with Crippen LogP contribution < -0.4 is 14.8 Å². The maximum atomic E-state index is 12.6. The van der Waals surface area contributed by atoms with Crippen LogP contribution in [-0.4, -0.2) is 17.9 Å². The van der Waals surface area contributed by atoms with Crippen molar-refractivity contribution in [3.8, 4) is 17.6 Å². The lowest BCUT2D eigenvalue weighted by atomic mass is 10.1. The van der Waals surface area contributed by atoms with Crippen LogP contribution in [0.15, 0.2) is 66.2 Å². The summed E-state index contributed by atoms with van der Waals surface area (Å²) in [5.41, 5.74) is 2.01. The number of nitro groups is 1. The minimum Gasteiger partial charge on any atom is -0.493 e. The summed E-state index contributed by atoms with van der Waals surface area (Å²) < 4.78 is 11.2. The molecule has 0 atom stereocenters. The van der Waals surface area contributed by atoms with Crippen LogP contribution >= 0.6 is 11.6 Å². The maximum absolute atomic E-state index is 12.6. The molecule has 0 radical (unpaired) electrons. The van der Waals surface area contributed by atoms with Crippen molar-refractivity contribution in [2.75, 3.05) is 12.4 Å². The van der Waals surface area contributed by atoms with Crippen LogP contribution in [0.5, 0.6) is 11.5 Å². The predicted octanol–water partition coefficient (Wildman–Crippen LogP) is 5.69. The lowest BCUT2D eigenvalue weighted by Gasteiger charge is -2.12. The van der Waals surface area contributed by atoms with Crippen molar-refractivity contribution in [3.63, 3.8) is 0 Å². The molecule has 9 heteroatoms. The van der Waals surface area contributed by atoms with E-state index in [9.17, 15) is 20.2 Å². The van der Waals surface area contributed by atoms with Gasteiger partial charge in [-0.25, -0.2) is 0 Å². The molecule has 0 aromatic heterocycles. The van der Waals surface area contributed by atoms with Gasteiger partial charge in [-0.2, -0.15) is 5.26 Å². The number of carbonyl (C=O) groups excluding carboxylic acids is 1. The van der Waals surface area contributed by atoms with Crippen LogP contribution in [0.2, 0.25) is 5.02 Å². The molecule has 172 valence electrons. The number of hydrogen-bond donors (Lipinski definition) is 1. The van der Waals surface area contributed by atoms with Crippen LogP contribution in [0.4, 0.5) is 11.4 Å². The molecule has 0 fully saturated rings.